The lowest BCUT2D eigenvalue weighted by Crippen LogP contribution is -2.05. The Labute approximate surface area is 154 Å². The van der Waals surface area contributed by atoms with Gasteiger partial charge in [0.05, 0.1) is 6.26 Å². The van der Waals surface area contributed by atoms with Gasteiger partial charge in [-0.25, -0.2) is 0 Å². The molecule has 4 nitrogen and oxygen atoms in total. The summed E-state index contributed by atoms with van der Waals surface area (Å²) < 4.78 is 32.5. The van der Waals surface area contributed by atoms with Gasteiger partial charge in [-0.3, -0.25) is 0 Å². The second kappa shape index (κ2) is 12.4. The Hall–Kier alpha value is -0.970. The molecule has 5 heteroatoms. The Morgan fingerprint density at radius 1 is 0.920 bits per heavy atom. The molecule has 146 valence electrons. The van der Waals surface area contributed by atoms with Gasteiger partial charge in [-0.2, -0.15) is 8.42 Å². The van der Waals surface area contributed by atoms with Crippen LogP contribution in [0.3, 0.4) is 0 Å². The fourth-order valence-electron chi connectivity index (χ4n) is 3.19. The first kappa shape index (κ1) is 22.1. The van der Waals surface area contributed by atoms with Crippen molar-refractivity contribution in [2.24, 2.45) is 5.92 Å². The lowest BCUT2D eigenvalue weighted by molar-refractivity contribution is 0.344. The molecule has 0 aliphatic rings. The molecule has 1 aromatic rings. The second-order valence-corrected chi connectivity index (χ2v) is 8.69. The summed E-state index contributed by atoms with van der Waals surface area (Å²) in [6.07, 6.45) is 16.1. The molecule has 1 aromatic heterocycles. The monoisotopic (exact) mass is 372 g/mol. The summed E-state index contributed by atoms with van der Waals surface area (Å²) in [6, 6.07) is 3.41. The topological polar surface area (TPSA) is 56.5 Å². The third-order valence-corrected chi connectivity index (χ3v) is 5.07. The Morgan fingerprint density at radius 2 is 1.52 bits per heavy atom. The van der Waals surface area contributed by atoms with Crippen molar-refractivity contribution < 1.29 is 17.0 Å². The molecule has 1 unspecified atom stereocenters. The van der Waals surface area contributed by atoms with Gasteiger partial charge in [-0.05, 0) is 18.4 Å². The summed E-state index contributed by atoms with van der Waals surface area (Å²) in [4.78, 5) is 0. The summed E-state index contributed by atoms with van der Waals surface area (Å²) in [5.41, 5.74) is 0. The standard InChI is InChI=1S/C20H36O4S/c1-4-6-8-9-11-13-18(12-10-7-5-2)14-15-19-16-17-20(23-19)24-25(3,21)22/h16-18H,4-15H2,1-3H3. The van der Waals surface area contributed by atoms with Crippen molar-refractivity contribution in [3.05, 3.63) is 17.9 Å². The first-order valence-electron chi connectivity index (χ1n) is 9.92. The van der Waals surface area contributed by atoms with Crippen LogP contribution in [0.25, 0.3) is 0 Å². The third-order valence-electron chi connectivity index (χ3n) is 4.60. The maximum atomic E-state index is 11.1. The fraction of sp³-hybridized carbons (Fsp3) is 0.800. The normalized spacial score (nSPS) is 13.1. The summed E-state index contributed by atoms with van der Waals surface area (Å²) in [6.45, 7) is 4.49. The summed E-state index contributed by atoms with van der Waals surface area (Å²) in [5, 5.41) is 0. The highest BCUT2D eigenvalue weighted by atomic mass is 32.2. The van der Waals surface area contributed by atoms with Crippen LogP contribution >= 0.6 is 0 Å². The van der Waals surface area contributed by atoms with Crippen molar-refractivity contribution in [2.45, 2.75) is 90.9 Å². The number of aryl methyl sites for hydroxylation is 1. The fourth-order valence-corrected chi connectivity index (χ4v) is 3.57. The Bertz CT molecular complexity index is 548. The minimum Gasteiger partial charge on any atom is -0.430 e. The van der Waals surface area contributed by atoms with Crippen molar-refractivity contribution in [1.82, 2.24) is 0 Å². The van der Waals surface area contributed by atoms with Crippen LogP contribution in [0.4, 0.5) is 0 Å². The molecule has 0 aromatic carbocycles. The van der Waals surface area contributed by atoms with E-state index in [1.54, 1.807) is 6.07 Å². The minimum atomic E-state index is -3.52. The molecule has 0 fully saturated rings. The zero-order valence-corrected chi connectivity index (χ0v) is 17.1. The molecule has 1 heterocycles. The van der Waals surface area contributed by atoms with Crippen molar-refractivity contribution in [1.29, 1.82) is 0 Å². The molecule has 0 saturated carbocycles. The van der Waals surface area contributed by atoms with Crippen LogP contribution in [0.15, 0.2) is 16.5 Å². The molecule has 0 spiro atoms. The van der Waals surface area contributed by atoms with E-state index in [9.17, 15) is 8.42 Å². The summed E-state index contributed by atoms with van der Waals surface area (Å²) >= 11 is 0. The van der Waals surface area contributed by atoms with Gasteiger partial charge in [-0.1, -0.05) is 78.1 Å². The van der Waals surface area contributed by atoms with Crippen LogP contribution in [0.1, 0.15) is 90.2 Å². The SMILES string of the molecule is CCCCCCCC(CCCCC)CCc1ccc(OS(C)(=O)=O)o1. The van der Waals surface area contributed by atoms with Gasteiger partial charge >= 0.3 is 16.1 Å². The zero-order valence-electron chi connectivity index (χ0n) is 16.3. The third kappa shape index (κ3) is 11.3. The van der Waals surface area contributed by atoms with Gasteiger partial charge in [0.25, 0.3) is 0 Å². The van der Waals surface area contributed by atoms with E-state index in [1.807, 2.05) is 6.07 Å². The van der Waals surface area contributed by atoms with Crippen LogP contribution in [0, 0.1) is 5.92 Å². The number of furan rings is 1. The molecule has 1 atom stereocenters. The molecule has 1 rings (SSSR count). The van der Waals surface area contributed by atoms with E-state index in [0.29, 0.717) is 0 Å². The minimum absolute atomic E-state index is 0.0691. The predicted octanol–water partition coefficient (Wildman–Crippen LogP) is 6.11. The number of hydrogen-bond acceptors (Lipinski definition) is 4. The average Bonchev–Trinajstić information content (AvgIpc) is 2.97. The van der Waals surface area contributed by atoms with Gasteiger partial charge in [-0.15, -0.1) is 0 Å². The van der Waals surface area contributed by atoms with Crippen LogP contribution in [-0.2, 0) is 16.5 Å². The molecule has 0 amide bonds. The van der Waals surface area contributed by atoms with Crippen molar-refractivity contribution in [3.8, 4) is 5.95 Å². The zero-order chi connectivity index (χ0) is 18.5. The van der Waals surface area contributed by atoms with Gasteiger partial charge in [0.2, 0.25) is 0 Å². The molecule has 25 heavy (non-hydrogen) atoms. The first-order chi connectivity index (χ1) is 11.9. The molecule has 0 aliphatic heterocycles. The van der Waals surface area contributed by atoms with Gasteiger partial charge in [0.15, 0.2) is 0 Å². The Kier molecular flexibility index (Phi) is 10.9. The summed E-state index contributed by atoms with van der Waals surface area (Å²) in [5.74, 6) is 1.61. The Morgan fingerprint density at radius 3 is 2.16 bits per heavy atom. The molecular weight excluding hydrogens is 336 g/mol. The predicted molar refractivity (Wildman–Crippen MR) is 104 cm³/mol. The highest BCUT2D eigenvalue weighted by Crippen LogP contribution is 2.25. The highest BCUT2D eigenvalue weighted by Gasteiger charge is 2.13. The first-order valence-corrected chi connectivity index (χ1v) is 11.7. The van der Waals surface area contributed by atoms with E-state index in [-0.39, 0.29) is 5.95 Å². The van der Waals surface area contributed by atoms with E-state index in [0.717, 1.165) is 30.8 Å². The average molecular weight is 373 g/mol. The smallest absolute Gasteiger partial charge is 0.308 e. The van der Waals surface area contributed by atoms with Crippen LogP contribution in [0.5, 0.6) is 5.95 Å². The maximum absolute atomic E-state index is 11.1. The van der Waals surface area contributed by atoms with Crippen LogP contribution in [-0.4, -0.2) is 14.7 Å². The Balaban J connectivity index is 2.41. The van der Waals surface area contributed by atoms with E-state index < -0.39 is 10.1 Å². The number of hydrogen-bond donors (Lipinski definition) is 0. The van der Waals surface area contributed by atoms with Crippen molar-refractivity contribution in [2.75, 3.05) is 6.26 Å². The molecule has 0 saturated heterocycles. The second-order valence-electron chi connectivity index (χ2n) is 7.11. The van der Waals surface area contributed by atoms with Crippen molar-refractivity contribution in [3.63, 3.8) is 0 Å². The van der Waals surface area contributed by atoms with Gasteiger partial charge in [0.1, 0.15) is 5.76 Å². The van der Waals surface area contributed by atoms with Crippen LogP contribution < -0.4 is 4.18 Å². The molecular formula is C20H36O4S. The highest BCUT2D eigenvalue weighted by molar-refractivity contribution is 7.86. The van der Waals surface area contributed by atoms with E-state index in [1.165, 1.54) is 64.2 Å². The molecule has 0 radical (unpaired) electrons. The lowest BCUT2D eigenvalue weighted by Gasteiger charge is -2.16. The van der Waals surface area contributed by atoms with E-state index >= 15 is 0 Å². The quantitative estimate of drug-likeness (QED) is 0.275. The van der Waals surface area contributed by atoms with Crippen molar-refractivity contribution >= 4 is 10.1 Å². The molecule has 0 aliphatic carbocycles. The van der Waals surface area contributed by atoms with E-state index in [2.05, 4.69) is 13.8 Å². The molecule has 0 N–H and O–H groups in total. The largest absolute Gasteiger partial charge is 0.430 e. The van der Waals surface area contributed by atoms with Gasteiger partial charge in [0, 0.05) is 12.5 Å². The maximum Gasteiger partial charge on any atom is 0.308 e. The lowest BCUT2D eigenvalue weighted by atomic mass is 9.90. The van der Waals surface area contributed by atoms with Crippen LogP contribution in [0.2, 0.25) is 0 Å². The number of unbranched alkanes of at least 4 members (excludes halogenated alkanes) is 6. The molecule has 0 bridgehead atoms. The number of rotatable bonds is 15. The van der Waals surface area contributed by atoms with E-state index in [4.69, 9.17) is 8.60 Å². The van der Waals surface area contributed by atoms with Gasteiger partial charge < -0.3 is 8.60 Å². The summed E-state index contributed by atoms with van der Waals surface area (Å²) in [7, 11) is -3.52.